The van der Waals surface area contributed by atoms with Crippen LogP contribution in [0, 0.1) is 13.8 Å². The Balaban J connectivity index is 2.12. The van der Waals surface area contributed by atoms with Crippen LogP contribution in [-0.2, 0) is 0 Å². The minimum atomic E-state index is -0.333. The molecule has 0 saturated heterocycles. The predicted octanol–water partition coefficient (Wildman–Crippen LogP) is 4.00. The Hall–Kier alpha value is -2.99. The van der Waals surface area contributed by atoms with Crippen LogP contribution in [0.1, 0.15) is 22.5 Å². The third-order valence-corrected chi connectivity index (χ3v) is 4.53. The number of hydrogen-bond donors (Lipinski definition) is 2. The molecule has 0 radical (unpaired) electrons. The number of H-pyrrole nitrogens is 1. The lowest BCUT2D eigenvalue weighted by atomic mass is 10.1. The molecule has 0 aliphatic carbocycles. The van der Waals surface area contributed by atoms with E-state index in [-0.39, 0.29) is 22.2 Å². The molecule has 3 rings (SSSR count). The number of methoxy groups -OCH3 is 2. The first kappa shape index (κ1) is 18.8. The Kier molecular flexibility index (Phi) is 5.10. The molecule has 0 bridgehead atoms. The standard InChI is InChI=1S/C20H19ClN2O4/c1-10-5-12(6-11(2)18(10)24)7-14(21)19-22-15-9-17(27-4)16(26-3)8-13(15)20(25)23-19/h5-9,24H,1-4H3,(H,22,23,25). The fraction of sp³-hybridized carbons (Fsp3) is 0.200. The summed E-state index contributed by atoms with van der Waals surface area (Å²) in [5, 5.41) is 10.5. The number of aromatic nitrogens is 2. The van der Waals surface area contributed by atoms with Gasteiger partial charge in [0, 0.05) is 6.07 Å². The summed E-state index contributed by atoms with van der Waals surface area (Å²) in [4.78, 5) is 19.6. The highest BCUT2D eigenvalue weighted by Gasteiger charge is 2.12. The van der Waals surface area contributed by atoms with E-state index < -0.39 is 0 Å². The second-order valence-electron chi connectivity index (χ2n) is 6.13. The molecule has 0 amide bonds. The highest BCUT2D eigenvalue weighted by molar-refractivity contribution is 6.50. The summed E-state index contributed by atoms with van der Waals surface area (Å²) >= 11 is 6.40. The van der Waals surface area contributed by atoms with Crippen LogP contribution < -0.4 is 15.0 Å². The van der Waals surface area contributed by atoms with Gasteiger partial charge in [-0.05, 0) is 54.8 Å². The fourth-order valence-electron chi connectivity index (χ4n) is 2.87. The van der Waals surface area contributed by atoms with Gasteiger partial charge in [-0.2, -0.15) is 0 Å². The molecule has 3 aromatic rings. The van der Waals surface area contributed by atoms with Gasteiger partial charge in [-0.1, -0.05) is 11.6 Å². The zero-order valence-corrected chi connectivity index (χ0v) is 16.1. The monoisotopic (exact) mass is 386 g/mol. The number of aryl methyl sites for hydroxylation is 2. The number of benzene rings is 2. The van der Waals surface area contributed by atoms with Gasteiger partial charge < -0.3 is 19.6 Å². The van der Waals surface area contributed by atoms with Crippen LogP contribution in [0.3, 0.4) is 0 Å². The summed E-state index contributed by atoms with van der Waals surface area (Å²) in [7, 11) is 3.01. The molecule has 0 atom stereocenters. The number of nitrogens with one attached hydrogen (secondary N) is 1. The van der Waals surface area contributed by atoms with Crippen LogP contribution in [0.2, 0.25) is 0 Å². The van der Waals surface area contributed by atoms with Crippen molar-refractivity contribution in [2.75, 3.05) is 14.2 Å². The van der Waals surface area contributed by atoms with Crippen molar-refractivity contribution < 1.29 is 14.6 Å². The molecular formula is C20H19ClN2O4. The van der Waals surface area contributed by atoms with Crippen molar-refractivity contribution in [1.82, 2.24) is 9.97 Å². The Morgan fingerprint density at radius 1 is 1.11 bits per heavy atom. The first-order valence-electron chi connectivity index (χ1n) is 8.18. The van der Waals surface area contributed by atoms with Gasteiger partial charge in [0.15, 0.2) is 17.3 Å². The van der Waals surface area contributed by atoms with Gasteiger partial charge in [0.25, 0.3) is 5.56 Å². The molecule has 0 aliphatic rings. The van der Waals surface area contributed by atoms with Crippen LogP contribution in [0.25, 0.3) is 22.0 Å². The van der Waals surface area contributed by atoms with E-state index >= 15 is 0 Å². The van der Waals surface area contributed by atoms with E-state index in [1.807, 2.05) is 13.8 Å². The number of phenolic OH excluding ortho intramolecular Hbond substituents is 1. The summed E-state index contributed by atoms with van der Waals surface area (Å²) in [5.74, 6) is 1.41. The van der Waals surface area contributed by atoms with Crippen LogP contribution in [0.4, 0.5) is 0 Å². The minimum Gasteiger partial charge on any atom is -0.507 e. The lowest BCUT2D eigenvalue weighted by Crippen LogP contribution is -2.11. The van der Waals surface area contributed by atoms with Crippen molar-refractivity contribution in [3.05, 3.63) is 57.1 Å². The van der Waals surface area contributed by atoms with E-state index in [4.69, 9.17) is 21.1 Å². The number of rotatable bonds is 4. The summed E-state index contributed by atoms with van der Waals surface area (Å²) in [5.41, 5.74) is 2.38. The molecule has 2 N–H and O–H groups in total. The molecule has 0 aliphatic heterocycles. The first-order valence-corrected chi connectivity index (χ1v) is 8.55. The van der Waals surface area contributed by atoms with Gasteiger partial charge in [-0.15, -0.1) is 0 Å². The second kappa shape index (κ2) is 7.32. The Morgan fingerprint density at radius 3 is 2.30 bits per heavy atom. The molecule has 27 heavy (non-hydrogen) atoms. The largest absolute Gasteiger partial charge is 0.507 e. The highest BCUT2D eigenvalue weighted by Crippen LogP contribution is 2.31. The third kappa shape index (κ3) is 3.61. The maximum atomic E-state index is 12.5. The lowest BCUT2D eigenvalue weighted by Gasteiger charge is -2.09. The average Bonchev–Trinajstić information content (AvgIpc) is 2.64. The van der Waals surface area contributed by atoms with Crippen LogP contribution in [-0.4, -0.2) is 29.3 Å². The van der Waals surface area contributed by atoms with Crippen molar-refractivity contribution in [2.45, 2.75) is 13.8 Å². The second-order valence-corrected chi connectivity index (χ2v) is 6.54. The molecule has 0 spiro atoms. The predicted molar refractivity (Wildman–Crippen MR) is 107 cm³/mol. The summed E-state index contributed by atoms with van der Waals surface area (Å²) in [6.07, 6.45) is 1.69. The van der Waals surface area contributed by atoms with Gasteiger partial charge in [-0.3, -0.25) is 4.79 Å². The van der Waals surface area contributed by atoms with E-state index in [9.17, 15) is 9.90 Å². The normalized spacial score (nSPS) is 11.7. The molecular weight excluding hydrogens is 368 g/mol. The molecule has 2 aromatic carbocycles. The molecule has 140 valence electrons. The Bertz CT molecular complexity index is 1100. The Morgan fingerprint density at radius 2 is 1.70 bits per heavy atom. The molecule has 0 unspecified atom stereocenters. The number of fused-ring (bicyclic) bond motifs is 1. The van der Waals surface area contributed by atoms with Crippen molar-refractivity contribution in [1.29, 1.82) is 0 Å². The van der Waals surface area contributed by atoms with Crippen LogP contribution in [0.5, 0.6) is 17.2 Å². The summed E-state index contributed by atoms with van der Waals surface area (Å²) in [6, 6.07) is 6.82. The van der Waals surface area contributed by atoms with Gasteiger partial charge in [-0.25, -0.2) is 4.98 Å². The molecule has 6 nitrogen and oxygen atoms in total. The van der Waals surface area contributed by atoms with E-state index in [2.05, 4.69) is 9.97 Å². The van der Waals surface area contributed by atoms with Gasteiger partial charge in [0.2, 0.25) is 0 Å². The fourth-order valence-corrected chi connectivity index (χ4v) is 3.08. The SMILES string of the molecule is COc1cc2nc(C(Cl)=Cc3cc(C)c(O)c(C)c3)[nH]c(=O)c2cc1OC. The molecule has 7 heteroatoms. The third-order valence-electron chi connectivity index (χ3n) is 4.24. The maximum Gasteiger partial charge on any atom is 0.259 e. The zero-order chi connectivity index (χ0) is 19.7. The Labute approximate surface area is 161 Å². The van der Waals surface area contributed by atoms with Crippen molar-refractivity contribution in [3.8, 4) is 17.2 Å². The first-order chi connectivity index (χ1) is 12.8. The number of ether oxygens (including phenoxy) is 2. The average molecular weight is 387 g/mol. The highest BCUT2D eigenvalue weighted by atomic mass is 35.5. The molecule has 0 fully saturated rings. The van der Waals surface area contributed by atoms with Crippen LogP contribution in [0.15, 0.2) is 29.1 Å². The smallest absolute Gasteiger partial charge is 0.259 e. The summed E-state index contributed by atoms with van der Waals surface area (Å²) in [6.45, 7) is 3.62. The van der Waals surface area contributed by atoms with E-state index in [1.54, 1.807) is 30.3 Å². The quantitative estimate of drug-likeness (QED) is 0.708. The molecule has 1 heterocycles. The summed E-state index contributed by atoms with van der Waals surface area (Å²) < 4.78 is 10.5. The van der Waals surface area contributed by atoms with Gasteiger partial charge in [0.05, 0.1) is 30.2 Å². The lowest BCUT2D eigenvalue weighted by molar-refractivity contribution is 0.355. The minimum absolute atomic E-state index is 0.241. The van der Waals surface area contributed by atoms with Gasteiger partial charge in [0.1, 0.15) is 5.75 Å². The molecule has 0 saturated carbocycles. The van der Waals surface area contributed by atoms with E-state index in [0.29, 0.717) is 22.4 Å². The maximum absolute atomic E-state index is 12.5. The number of aromatic hydroxyl groups is 1. The van der Waals surface area contributed by atoms with Gasteiger partial charge >= 0.3 is 0 Å². The molecule has 1 aromatic heterocycles. The number of phenols is 1. The van der Waals surface area contributed by atoms with E-state index in [0.717, 1.165) is 16.7 Å². The van der Waals surface area contributed by atoms with Crippen LogP contribution >= 0.6 is 11.6 Å². The van der Waals surface area contributed by atoms with Crippen molar-refractivity contribution in [3.63, 3.8) is 0 Å². The zero-order valence-electron chi connectivity index (χ0n) is 15.4. The van der Waals surface area contributed by atoms with Crippen molar-refractivity contribution in [2.24, 2.45) is 0 Å². The number of nitrogens with zero attached hydrogens (tertiary/aromatic N) is 1. The topological polar surface area (TPSA) is 84.4 Å². The number of aromatic amines is 1. The van der Waals surface area contributed by atoms with E-state index in [1.165, 1.54) is 14.2 Å². The van der Waals surface area contributed by atoms with Crippen molar-refractivity contribution >= 4 is 33.6 Å². The number of hydrogen-bond acceptors (Lipinski definition) is 5. The number of halogens is 1.